The third kappa shape index (κ3) is 5.68. The second-order valence-electron chi connectivity index (χ2n) is 6.42. The Bertz CT molecular complexity index is 431. The first-order valence-electron chi connectivity index (χ1n) is 8.01. The third-order valence-electron chi connectivity index (χ3n) is 3.94. The smallest absolute Gasteiger partial charge is 0.122 e. The molecule has 3 nitrogen and oxygen atoms in total. The lowest BCUT2D eigenvalue weighted by atomic mass is 9.99. The van der Waals surface area contributed by atoms with Crippen LogP contribution in [0, 0.1) is 6.92 Å². The summed E-state index contributed by atoms with van der Waals surface area (Å²) in [5.74, 6) is 1.46. The molecule has 0 spiro atoms. The molecule has 1 aromatic rings. The van der Waals surface area contributed by atoms with E-state index in [-0.39, 0.29) is 12.1 Å². The zero-order valence-corrected chi connectivity index (χ0v) is 14.2. The standard InChI is InChI=1S/C18H31NO2/c1-6-10-19-18(5,13-20)9-11-21-17-12-16(14(2)3)8-7-15(17)4/h7-8,12,14,19-20H,6,9-11,13H2,1-5H3. The van der Waals surface area contributed by atoms with Crippen LogP contribution in [-0.2, 0) is 0 Å². The lowest BCUT2D eigenvalue weighted by Gasteiger charge is -2.29. The van der Waals surface area contributed by atoms with Gasteiger partial charge in [0.15, 0.2) is 0 Å². The van der Waals surface area contributed by atoms with Gasteiger partial charge in [0.25, 0.3) is 0 Å². The maximum absolute atomic E-state index is 9.56. The van der Waals surface area contributed by atoms with E-state index in [0.717, 1.165) is 30.7 Å². The number of aliphatic hydroxyl groups excluding tert-OH is 1. The first kappa shape index (κ1) is 18.0. The minimum Gasteiger partial charge on any atom is -0.493 e. The highest BCUT2D eigenvalue weighted by molar-refractivity contribution is 5.37. The van der Waals surface area contributed by atoms with Crippen molar-refractivity contribution in [1.82, 2.24) is 5.32 Å². The third-order valence-corrected chi connectivity index (χ3v) is 3.94. The summed E-state index contributed by atoms with van der Waals surface area (Å²) >= 11 is 0. The lowest BCUT2D eigenvalue weighted by molar-refractivity contribution is 0.144. The molecule has 0 heterocycles. The van der Waals surface area contributed by atoms with Crippen LogP contribution in [0.25, 0.3) is 0 Å². The number of hydrogen-bond donors (Lipinski definition) is 2. The number of hydrogen-bond acceptors (Lipinski definition) is 3. The number of nitrogens with one attached hydrogen (secondary N) is 1. The van der Waals surface area contributed by atoms with Gasteiger partial charge in [-0.05, 0) is 49.9 Å². The molecule has 1 atom stereocenters. The quantitative estimate of drug-likeness (QED) is 0.730. The molecule has 2 N–H and O–H groups in total. The predicted octanol–water partition coefficient (Wildman–Crippen LogP) is 3.64. The number of aryl methyl sites for hydroxylation is 1. The largest absolute Gasteiger partial charge is 0.493 e. The predicted molar refractivity (Wildman–Crippen MR) is 89.2 cm³/mol. The van der Waals surface area contributed by atoms with Crippen LogP contribution in [0.5, 0.6) is 5.75 Å². The van der Waals surface area contributed by atoms with Crippen molar-refractivity contribution >= 4 is 0 Å². The van der Waals surface area contributed by atoms with Gasteiger partial charge >= 0.3 is 0 Å². The number of ether oxygens (including phenoxy) is 1. The average Bonchev–Trinajstić information content (AvgIpc) is 2.47. The Balaban J connectivity index is 2.60. The first-order valence-corrected chi connectivity index (χ1v) is 8.01. The molecule has 21 heavy (non-hydrogen) atoms. The van der Waals surface area contributed by atoms with Crippen LogP contribution < -0.4 is 10.1 Å². The molecule has 1 unspecified atom stereocenters. The van der Waals surface area contributed by atoms with Crippen LogP contribution >= 0.6 is 0 Å². The van der Waals surface area contributed by atoms with Crippen LogP contribution in [0.1, 0.15) is 57.6 Å². The van der Waals surface area contributed by atoms with Crippen LogP contribution in [0.2, 0.25) is 0 Å². The summed E-state index contributed by atoms with van der Waals surface area (Å²) in [5.41, 5.74) is 2.19. The molecule has 3 heteroatoms. The fraction of sp³-hybridized carbons (Fsp3) is 0.667. The molecule has 1 rings (SSSR count). The molecule has 0 saturated carbocycles. The van der Waals surface area contributed by atoms with Gasteiger partial charge < -0.3 is 15.2 Å². The van der Waals surface area contributed by atoms with E-state index < -0.39 is 0 Å². The molecule has 0 aliphatic heterocycles. The van der Waals surface area contributed by atoms with Crippen LogP contribution in [0.15, 0.2) is 18.2 Å². The topological polar surface area (TPSA) is 41.5 Å². The molecule has 0 aliphatic rings. The average molecular weight is 293 g/mol. The second-order valence-corrected chi connectivity index (χ2v) is 6.42. The van der Waals surface area contributed by atoms with Gasteiger partial charge in [-0.3, -0.25) is 0 Å². The Kier molecular flexibility index (Phi) is 7.20. The SMILES string of the molecule is CCCNC(C)(CO)CCOc1cc(C(C)C)ccc1C. The molecule has 1 aromatic carbocycles. The molecular formula is C18H31NO2. The van der Waals surface area contributed by atoms with Crippen LogP contribution in [0.3, 0.4) is 0 Å². The van der Waals surface area contributed by atoms with E-state index in [9.17, 15) is 5.11 Å². The lowest BCUT2D eigenvalue weighted by Crippen LogP contribution is -2.47. The fourth-order valence-electron chi connectivity index (χ4n) is 2.17. The van der Waals surface area contributed by atoms with Crippen molar-refractivity contribution in [2.75, 3.05) is 19.8 Å². The zero-order valence-electron chi connectivity index (χ0n) is 14.2. The number of aliphatic hydroxyl groups is 1. The summed E-state index contributed by atoms with van der Waals surface area (Å²) in [6.07, 6.45) is 1.85. The van der Waals surface area contributed by atoms with Crippen molar-refractivity contribution in [3.8, 4) is 5.75 Å². The van der Waals surface area contributed by atoms with E-state index in [1.54, 1.807) is 0 Å². The molecule has 0 amide bonds. The highest BCUT2D eigenvalue weighted by Crippen LogP contribution is 2.24. The molecule has 0 bridgehead atoms. The normalized spacial score (nSPS) is 14.2. The van der Waals surface area contributed by atoms with E-state index in [1.165, 1.54) is 5.56 Å². The molecule has 0 aromatic heterocycles. The molecule has 0 radical (unpaired) electrons. The van der Waals surface area contributed by atoms with E-state index in [1.807, 2.05) is 6.92 Å². The van der Waals surface area contributed by atoms with E-state index in [0.29, 0.717) is 12.5 Å². The van der Waals surface area contributed by atoms with E-state index >= 15 is 0 Å². The first-order chi connectivity index (χ1) is 9.91. The monoisotopic (exact) mass is 293 g/mol. The highest BCUT2D eigenvalue weighted by atomic mass is 16.5. The Morgan fingerprint density at radius 3 is 2.62 bits per heavy atom. The molecule has 0 saturated heterocycles. The maximum Gasteiger partial charge on any atom is 0.122 e. The Labute approximate surface area is 129 Å². The van der Waals surface area contributed by atoms with Gasteiger partial charge in [-0.15, -0.1) is 0 Å². The van der Waals surface area contributed by atoms with Crippen LogP contribution in [0.4, 0.5) is 0 Å². The maximum atomic E-state index is 9.56. The van der Waals surface area contributed by atoms with Gasteiger partial charge in [-0.2, -0.15) is 0 Å². The van der Waals surface area contributed by atoms with Gasteiger partial charge in [-0.25, -0.2) is 0 Å². The van der Waals surface area contributed by atoms with Gasteiger partial charge in [0.05, 0.1) is 13.2 Å². The summed E-state index contributed by atoms with van der Waals surface area (Å²) in [4.78, 5) is 0. The Morgan fingerprint density at radius 2 is 2.05 bits per heavy atom. The summed E-state index contributed by atoms with van der Waals surface area (Å²) in [6, 6.07) is 6.41. The number of rotatable bonds is 9. The minimum atomic E-state index is -0.264. The van der Waals surface area contributed by atoms with Crippen molar-refractivity contribution in [3.05, 3.63) is 29.3 Å². The molecule has 120 valence electrons. The second kappa shape index (κ2) is 8.40. The van der Waals surface area contributed by atoms with Crippen molar-refractivity contribution in [3.63, 3.8) is 0 Å². The van der Waals surface area contributed by atoms with Gasteiger partial charge in [-0.1, -0.05) is 32.9 Å². The van der Waals surface area contributed by atoms with Crippen molar-refractivity contribution in [1.29, 1.82) is 0 Å². The molecular weight excluding hydrogens is 262 g/mol. The van der Waals surface area contributed by atoms with Crippen LogP contribution in [-0.4, -0.2) is 30.4 Å². The number of benzene rings is 1. The van der Waals surface area contributed by atoms with E-state index in [2.05, 4.69) is 51.2 Å². The molecule has 0 aliphatic carbocycles. The summed E-state index contributed by atoms with van der Waals surface area (Å²) in [7, 11) is 0. The van der Waals surface area contributed by atoms with Gasteiger partial charge in [0, 0.05) is 12.0 Å². The fourth-order valence-corrected chi connectivity index (χ4v) is 2.17. The zero-order chi connectivity index (χ0) is 15.9. The van der Waals surface area contributed by atoms with E-state index in [4.69, 9.17) is 4.74 Å². The van der Waals surface area contributed by atoms with Crippen molar-refractivity contribution in [2.45, 2.75) is 58.9 Å². The Hall–Kier alpha value is -1.06. The van der Waals surface area contributed by atoms with Gasteiger partial charge in [0.2, 0.25) is 0 Å². The summed E-state index contributed by atoms with van der Waals surface area (Å²) in [5, 5.41) is 13.0. The van der Waals surface area contributed by atoms with Crippen molar-refractivity contribution < 1.29 is 9.84 Å². The molecule has 0 fully saturated rings. The van der Waals surface area contributed by atoms with Gasteiger partial charge in [0.1, 0.15) is 5.75 Å². The van der Waals surface area contributed by atoms with Crippen molar-refractivity contribution in [2.24, 2.45) is 0 Å². The minimum absolute atomic E-state index is 0.126. The summed E-state index contributed by atoms with van der Waals surface area (Å²) in [6.45, 7) is 12.3. The highest BCUT2D eigenvalue weighted by Gasteiger charge is 2.22. The summed E-state index contributed by atoms with van der Waals surface area (Å²) < 4.78 is 5.95. The Morgan fingerprint density at radius 1 is 1.33 bits per heavy atom.